The van der Waals surface area contributed by atoms with E-state index >= 15 is 0 Å². The van der Waals surface area contributed by atoms with Crippen LogP contribution < -0.4 is 10.4 Å². The van der Waals surface area contributed by atoms with E-state index in [1.165, 1.54) is 17.0 Å². The molecular formula is C22H22N2O5. The van der Waals surface area contributed by atoms with Crippen molar-refractivity contribution in [1.82, 2.24) is 9.80 Å². The first-order valence-electron chi connectivity index (χ1n) is 9.17. The van der Waals surface area contributed by atoms with Crippen molar-refractivity contribution in [3.05, 3.63) is 76.6 Å². The van der Waals surface area contributed by atoms with Crippen molar-refractivity contribution in [1.29, 1.82) is 0 Å². The van der Waals surface area contributed by atoms with Crippen LogP contribution >= 0.6 is 0 Å². The molecule has 7 nitrogen and oxygen atoms in total. The molecule has 7 heteroatoms. The summed E-state index contributed by atoms with van der Waals surface area (Å²) in [5.74, 6) is 0.250. The Balaban J connectivity index is 1.52. The molecule has 2 amide bonds. The monoisotopic (exact) mass is 394 g/mol. The van der Waals surface area contributed by atoms with Gasteiger partial charge in [0.1, 0.15) is 11.3 Å². The van der Waals surface area contributed by atoms with Crippen LogP contribution in [0.4, 0.5) is 4.79 Å². The third-order valence-corrected chi connectivity index (χ3v) is 4.51. The number of benzene rings is 2. The van der Waals surface area contributed by atoms with Gasteiger partial charge < -0.3 is 19.0 Å². The fraction of sp³-hybridized carbons (Fsp3) is 0.227. The molecule has 0 saturated carbocycles. The topological polar surface area (TPSA) is 80.1 Å². The first-order chi connectivity index (χ1) is 13.9. The predicted molar refractivity (Wildman–Crippen MR) is 109 cm³/mol. The molecular weight excluding hydrogens is 372 g/mol. The van der Waals surface area contributed by atoms with Gasteiger partial charge >= 0.3 is 11.7 Å². The van der Waals surface area contributed by atoms with Gasteiger partial charge in [-0.05, 0) is 23.8 Å². The molecule has 0 radical (unpaired) electrons. The van der Waals surface area contributed by atoms with Gasteiger partial charge in [-0.1, -0.05) is 30.3 Å². The van der Waals surface area contributed by atoms with E-state index in [0.29, 0.717) is 25.1 Å². The molecule has 0 saturated heterocycles. The van der Waals surface area contributed by atoms with E-state index in [1.807, 2.05) is 30.3 Å². The molecule has 2 aromatic carbocycles. The third-order valence-electron chi connectivity index (χ3n) is 4.51. The van der Waals surface area contributed by atoms with Gasteiger partial charge in [-0.25, -0.2) is 9.59 Å². The van der Waals surface area contributed by atoms with Crippen molar-refractivity contribution in [2.75, 3.05) is 27.2 Å². The highest BCUT2D eigenvalue weighted by molar-refractivity contribution is 5.80. The van der Waals surface area contributed by atoms with Gasteiger partial charge in [0.15, 0.2) is 0 Å². The Morgan fingerprint density at radius 2 is 1.62 bits per heavy atom. The summed E-state index contributed by atoms with van der Waals surface area (Å²) in [5, 5.41) is 0.733. The molecule has 0 aliphatic rings. The van der Waals surface area contributed by atoms with E-state index in [2.05, 4.69) is 0 Å². The van der Waals surface area contributed by atoms with Gasteiger partial charge in [0.05, 0.1) is 6.42 Å². The fourth-order valence-corrected chi connectivity index (χ4v) is 2.70. The van der Waals surface area contributed by atoms with E-state index in [1.54, 1.807) is 37.2 Å². The minimum Gasteiger partial charge on any atom is -0.423 e. The lowest BCUT2D eigenvalue weighted by Crippen LogP contribution is -2.39. The maximum Gasteiger partial charge on any atom is 0.415 e. The van der Waals surface area contributed by atoms with Crippen molar-refractivity contribution >= 4 is 23.0 Å². The highest BCUT2D eigenvalue weighted by atomic mass is 16.6. The number of likely N-dealkylation sites (N-methyl/N-ethyl adjacent to an activating group) is 2. The Hall–Kier alpha value is -3.61. The molecule has 0 atom stereocenters. The summed E-state index contributed by atoms with van der Waals surface area (Å²) in [7, 11) is 3.30. The Morgan fingerprint density at radius 1 is 0.931 bits per heavy atom. The summed E-state index contributed by atoms with van der Waals surface area (Å²) in [5.41, 5.74) is 0.818. The molecule has 0 fully saturated rings. The number of hydrogen-bond donors (Lipinski definition) is 0. The van der Waals surface area contributed by atoms with Gasteiger partial charge in [-0.2, -0.15) is 0 Å². The highest BCUT2D eigenvalue weighted by Crippen LogP contribution is 2.20. The Labute approximate surface area is 168 Å². The van der Waals surface area contributed by atoms with Crippen LogP contribution in [-0.2, 0) is 11.2 Å². The first-order valence-corrected chi connectivity index (χ1v) is 9.17. The molecule has 0 N–H and O–H groups in total. The number of amides is 2. The zero-order valence-electron chi connectivity index (χ0n) is 16.3. The maximum atomic E-state index is 12.3. The molecule has 3 rings (SSSR count). The Bertz CT molecular complexity index is 1060. The van der Waals surface area contributed by atoms with Crippen molar-refractivity contribution in [2.45, 2.75) is 6.42 Å². The van der Waals surface area contributed by atoms with Crippen LogP contribution in [0.15, 0.2) is 69.9 Å². The second kappa shape index (κ2) is 9.05. The number of hydrogen-bond acceptors (Lipinski definition) is 5. The van der Waals surface area contributed by atoms with Crippen LogP contribution in [0.1, 0.15) is 5.56 Å². The van der Waals surface area contributed by atoms with Gasteiger partial charge in [0, 0.05) is 44.7 Å². The molecule has 0 bridgehead atoms. The zero-order valence-corrected chi connectivity index (χ0v) is 16.3. The van der Waals surface area contributed by atoms with Crippen LogP contribution in [0.3, 0.4) is 0 Å². The molecule has 29 heavy (non-hydrogen) atoms. The van der Waals surface area contributed by atoms with Gasteiger partial charge in [-0.15, -0.1) is 0 Å². The quantitative estimate of drug-likeness (QED) is 0.601. The third kappa shape index (κ3) is 5.44. The van der Waals surface area contributed by atoms with Crippen LogP contribution in [-0.4, -0.2) is 49.0 Å². The SMILES string of the molecule is CN(CCN(C)C(=O)Oc1ccc2ccc(=O)oc2c1)C(=O)Cc1ccccc1. The van der Waals surface area contributed by atoms with E-state index < -0.39 is 11.7 Å². The molecule has 1 aromatic heterocycles. The lowest BCUT2D eigenvalue weighted by Gasteiger charge is -2.22. The van der Waals surface area contributed by atoms with Crippen LogP contribution in [0.5, 0.6) is 5.75 Å². The van der Waals surface area contributed by atoms with E-state index in [0.717, 1.165) is 10.9 Å². The number of carbonyl (C=O) groups is 2. The lowest BCUT2D eigenvalue weighted by molar-refractivity contribution is -0.129. The molecule has 0 aliphatic heterocycles. The molecule has 0 aliphatic carbocycles. The number of nitrogens with zero attached hydrogens (tertiary/aromatic N) is 2. The predicted octanol–water partition coefficient (Wildman–Crippen LogP) is 2.92. The number of ether oxygens (including phenoxy) is 1. The second-order valence-electron chi connectivity index (χ2n) is 6.72. The summed E-state index contributed by atoms with van der Waals surface area (Å²) in [6.45, 7) is 0.697. The molecule has 150 valence electrons. The Kier molecular flexibility index (Phi) is 6.29. The standard InChI is InChI=1S/C22H22N2O5/c1-23(20(25)14-16-6-4-3-5-7-16)12-13-24(2)22(27)28-18-10-8-17-9-11-21(26)29-19(17)15-18/h3-11,15H,12-14H2,1-2H3. The zero-order chi connectivity index (χ0) is 20.8. The average molecular weight is 394 g/mol. The van der Waals surface area contributed by atoms with Gasteiger partial charge in [0.25, 0.3) is 0 Å². The van der Waals surface area contributed by atoms with E-state index in [-0.39, 0.29) is 11.7 Å². The fourth-order valence-electron chi connectivity index (χ4n) is 2.70. The van der Waals surface area contributed by atoms with Crippen molar-refractivity contribution < 1.29 is 18.7 Å². The summed E-state index contributed by atoms with van der Waals surface area (Å²) in [4.78, 5) is 38.9. The smallest absolute Gasteiger partial charge is 0.415 e. The minimum atomic E-state index is -0.563. The minimum absolute atomic E-state index is 0.0254. The Morgan fingerprint density at radius 3 is 2.38 bits per heavy atom. The van der Waals surface area contributed by atoms with Crippen molar-refractivity contribution in [3.8, 4) is 5.75 Å². The van der Waals surface area contributed by atoms with Crippen LogP contribution in [0.25, 0.3) is 11.0 Å². The summed E-state index contributed by atoms with van der Waals surface area (Å²) < 4.78 is 10.4. The van der Waals surface area contributed by atoms with Crippen LogP contribution in [0, 0.1) is 0 Å². The van der Waals surface area contributed by atoms with Crippen LogP contribution in [0.2, 0.25) is 0 Å². The van der Waals surface area contributed by atoms with Gasteiger partial charge in [0.2, 0.25) is 5.91 Å². The summed E-state index contributed by atoms with van der Waals surface area (Å²) in [6, 6.07) is 17.3. The highest BCUT2D eigenvalue weighted by Gasteiger charge is 2.15. The second-order valence-corrected chi connectivity index (χ2v) is 6.72. The molecule has 1 heterocycles. The normalized spacial score (nSPS) is 10.6. The largest absolute Gasteiger partial charge is 0.423 e. The number of rotatable bonds is 6. The average Bonchev–Trinajstić information content (AvgIpc) is 2.72. The van der Waals surface area contributed by atoms with E-state index in [4.69, 9.17) is 9.15 Å². The number of carbonyl (C=O) groups excluding carboxylic acids is 2. The van der Waals surface area contributed by atoms with Crippen molar-refractivity contribution in [2.24, 2.45) is 0 Å². The maximum absolute atomic E-state index is 12.3. The number of fused-ring (bicyclic) bond motifs is 1. The molecule has 3 aromatic rings. The lowest BCUT2D eigenvalue weighted by atomic mass is 10.1. The molecule has 0 spiro atoms. The summed E-state index contributed by atoms with van der Waals surface area (Å²) >= 11 is 0. The molecule has 0 unspecified atom stereocenters. The van der Waals surface area contributed by atoms with Crippen molar-refractivity contribution in [3.63, 3.8) is 0 Å². The van der Waals surface area contributed by atoms with Gasteiger partial charge in [-0.3, -0.25) is 4.79 Å². The van der Waals surface area contributed by atoms with E-state index in [9.17, 15) is 14.4 Å². The summed E-state index contributed by atoms with van der Waals surface area (Å²) in [6.07, 6.45) is -0.250. The first kappa shape index (κ1) is 20.1.